The molecule has 15 rings (SSSR count). The molecule has 6 amide bonds. The Morgan fingerprint density at radius 1 is 0.560 bits per heavy atom. The molecule has 0 spiro atoms. The molecule has 13 aromatic rings. The first-order chi connectivity index (χ1) is 71.4. The molecule has 2 aliphatic heterocycles. The van der Waals surface area contributed by atoms with E-state index >= 15 is 0 Å². The van der Waals surface area contributed by atoms with Crippen LogP contribution in [0.5, 0.6) is 0 Å². The second-order valence-electron chi connectivity index (χ2n) is 37.0. The van der Waals surface area contributed by atoms with Crippen LogP contribution in [0.4, 0.5) is 49.6 Å². The molecule has 42 nitrogen and oxygen atoms in total. The summed E-state index contributed by atoms with van der Waals surface area (Å²) < 4.78 is 114. The second kappa shape index (κ2) is 50.4. The molecule has 52 heteroatoms. The Balaban J connectivity index is 0.000000209. The van der Waals surface area contributed by atoms with Gasteiger partial charge in [0, 0.05) is 111 Å². The maximum Gasteiger partial charge on any atom is 0.355 e. The number of ether oxygens (including phenoxy) is 4. The number of aliphatic hydroxyl groups excluding tert-OH is 2. The van der Waals surface area contributed by atoms with Gasteiger partial charge in [0.1, 0.15) is 54.7 Å². The topological polar surface area (TPSA) is 513 Å². The average Bonchev–Trinajstić information content (AvgIpc) is 1.02. The summed E-state index contributed by atoms with van der Waals surface area (Å²) in [5.41, 5.74) is 13.3. The normalized spacial score (nSPS) is 14.9. The van der Waals surface area contributed by atoms with Crippen LogP contribution >= 0.6 is 45.9 Å². The molecule has 0 aliphatic carbocycles. The molecule has 6 aromatic carbocycles. The predicted octanol–water partition coefficient (Wildman–Crippen LogP) is 9.43. The number of nitrogens with one attached hydrogen (secondary N) is 6. The largest absolute Gasteiger partial charge is 0.391 e. The Morgan fingerprint density at radius 2 is 0.980 bits per heavy atom. The molecule has 8 N–H and O–H groups in total. The fraction of sp³-hybridized carbons (Fsp3) is 0.388. The van der Waals surface area contributed by atoms with E-state index in [1.54, 1.807) is 115 Å². The first-order valence-electron chi connectivity index (χ1n) is 46.6. The minimum Gasteiger partial charge on any atom is -0.391 e. The third-order valence-electron chi connectivity index (χ3n) is 23.7. The summed E-state index contributed by atoms with van der Waals surface area (Å²) in [6.45, 7) is 13.5. The highest BCUT2D eigenvalue weighted by Crippen LogP contribution is 2.36. The number of anilines is 4. The zero-order valence-electron chi connectivity index (χ0n) is 82.7. The summed E-state index contributed by atoms with van der Waals surface area (Å²) in [5, 5.41) is 59.5. The fourth-order valence-corrected chi connectivity index (χ4v) is 18.1. The summed E-state index contributed by atoms with van der Waals surface area (Å²) in [6.07, 6.45) is 8.47. The molecule has 0 bridgehead atoms. The van der Waals surface area contributed by atoms with Crippen LogP contribution in [0.25, 0.3) is 53.1 Å². The number of azide groups is 1. The van der Waals surface area contributed by atoms with E-state index in [1.807, 2.05) is 83.1 Å². The van der Waals surface area contributed by atoms with E-state index < -0.39 is 173 Å². The van der Waals surface area contributed by atoms with Crippen LogP contribution in [0.3, 0.4) is 0 Å². The van der Waals surface area contributed by atoms with E-state index in [0.29, 0.717) is 55.2 Å². The van der Waals surface area contributed by atoms with Crippen molar-refractivity contribution in [3.05, 3.63) is 263 Å². The molecule has 2 saturated heterocycles. The number of nitrogens with zero attached hydrogens (tertiary/aromatic N) is 20. The standard InChI is InChI=1S/C49H53ClF3N13O8S.C28H39N7O6S.C21H14ClF3N6O2/c1-27-42(75-26-55-27)29-8-6-28(7-9-29)19-54-44(69)40-16-33(67)24-64(40)45(70)43(49(2,3)4)57-41(68)25-74-13-12-73-11-10-63-22-32(59-61-63)23-66-47(71)58-46(56-39-15-31-20-62(5)60-38(31)17-34(39)50)65(48(66)72)21-30-14-36(52)37(53)18-35(30)51;1-18-24(42-17-31-18)20-7-5-19(6-8-20)14-30-26(38)22-13-21(36)15-35(22)27(39)25(28(2,3)4)33-23(37)16-41-12-11-40-10-9-32-34-29;1-3-4-30-20(32)27-19(26-18-6-12-9-29(2)28-17(12)7-13(18)22)31(21(30)33)10-11-5-15(24)16(25)8-14(11)23/h6-9,14-15,17-18,20,22,26,33,40,43,67H,10-13,16,19,21,23-25H2,1-5H3,(H,54,69)(H,57,68)(H,56,58,71);5-8,17,21-22,25,36H,9-16H2,1-4H3,(H,30,38)(H,33,37);1,5-9H,4,10H2,2H3,(H,26,27,32)/t33-,40+,43-;21-,22+,25-;/m11./s1. The number of β-amino-alcohol motifs (C(OH)–C–C–N with tert-alkyl or cyclic N) is 2. The summed E-state index contributed by atoms with van der Waals surface area (Å²) >= 11 is 15.9. The minimum atomic E-state index is -1.43. The molecule has 792 valence electrons. The Hall–Kier alpha value is -14.9. The summed E-state index contributed by atoms with van der Waals surface area (Å²) in [7, 11) is 3.43. The lowest BCUT2D eigenvalue weighted by atomic mass is 9.85. The van der Waals surface area contributed by atoms with Gasteiger partial charge in [-0.15, -0.1) is 34.2 Å². The van der Waals surface area contributed by atoms with E-state index in [9.17, 15) is 84.5 Å². The Bertz CT molecular complexity index is 7480. The fourth-order valence-electron chi connectivity index (χ4n) is 16.1. The van der Waals surface area contributed by atoms with E-state index in [0.717, 1.165) is 52.5 Å². The van der Waals surface area contributed by atoms with E-state index in [1.165, 1.54) is 20.7 Å². The number of amides is 6. The van der Waals surface area contributed by atoms with Gasteiger partial charge in [-0.2, -0.15) is 20.2 Å². The van der Waals surface area contributed by atoms with Gasteiger partial charge in [0.05, 0.1) is 155 Å². The van der Waals surface area contributed by atoms with Crippen molar-refractivity contribution in [2.75, 3.05) is 83.1 Å². The smallest absolute Gasteiger partial charge is 0.355 e. The molecule has 0 unspecified atom stereocenters. The minimum absolute atomic E-state index is 0.00408. The lowest BCUT2D eigenvalue weighted by Gasteiger charge is -2.35. The molecule has 0 radical (unpaired) electrons. The van der Waals surface area contributed by atoms with Gasteiger partial charge in [0.15, 0.2) is 23.3 Å². The van der Waals surface area contributed by atoms with Crippen molar-refractivity contribution in [3.8, 4) is 33.2 Å². The van der Waals surface area contributed by atoms with Gasteiger partial charge in [-0.25, -0.2) is 69.3 Å². The van der Waals surface area contributed by atoms with E-state index in [-0.39, 0.29) is 149 Å². The number of thiazole rings is 2. The van der Waals surface area contributed by atoms with Gasteiger partial charge in [-0.3, -0.25) is 47.3 Å². The van der Waals surface area contributed by atoms with Gasteiger partial charge in [-0.05, 0) is 88.9 Å². The molecule has 9 heterocycles. The molecule has 7 aromatic heterocycles. The Kier molecular flexibility index (Phi) is 37.7. The van der Waals surface area contributed by atoms with Crippen molar-refractivity contribution >= 4 is 126 Å². The highest BCUT2D eigenvalue weighted by atomic mass is 35.5. The van der Waals surface area contributed by atoms with Crippen molar-refractivity contribution in [2.24, 2.45) is 30.0 Å². The first-order valence-corrected chi connectivity index (χ1v) is 49.2. The Labute approximate surface area is 869 Å². The lowest BCUT2D eigenvalue weighted by molar-refractivity contribution is -0.144. The molecule has 0 saturated carbocycles. The summed E-state index contributed by atoms with van der Waals surface area (Å²) in [4.78, 5) is 157. The van der Waals surface area contributed by atoms with Crippen molar-refractivity contribution < 1.29 is 84.3 Å². The van der Waals surface area contributed by atoms with E-state index in [4.69, 9.17) is 54.1 Å². The molecular formula is C98H106Cl2F6N26O16S2. The third kappa shape index (κ3) is 29.0. The maximum absolute atomic E-state index is 14.9. The number of benzene rings is 6. The number of rotatable bonds is 39. The zero-order valence-corrected chi connectivity index (χ0v) is 85.8. The van der Waals surface area contributed by atoms with Crippen LogP contribution in [0.15, 0.2) is 151 Å². The summed E-state index contributed by atoms with van der Waals surface area (Å²) in [5.74, 6) is -9.02. The van der Waals surface area contributed by atoms with Gasteiger partial charge >= 0.3 is 22.8 Å². The SMILES string of the molecule is C#CCn1c(=O)nc(Nc2cc3cn(C)nc3cc2Cl)n(Cc2cc(F)c(F)cc2F)c1=O.Cc1ncsc1-c1ccc(CNC(=O)[C@@H]2C[C@@H](O)CN2C(=O)[C@@H](NC(=O)COCCOCCN=[N+]=[N-])C(C)(C)C)cc1.Cc1ncsc1-c1ccc(CNC(=O)[C@@H]2C[C@@H](O)CN2C(=O)[C@@H](NC(=O)COCCOCCn2cc(Cn3c(=O)nc(Nc4cc5cn(C)nc5cc4Cl)n(Cc4cc(F)c(F)cc4F)c3=O)nn2)C(C)(C)C)cc1. The van der Waals surface area contributed by atoms with Crippen LogP contribution in [-0.2, 0) is 108 Å². The Morgan fingerprint density at radius 3 is 1.40 bits per heavy atom. The highest BCUT2D eigenvalue weighted by Gasteiger charge is 2.47. The number of likely N-dealkylation sites (tertiary alicyclic amines) is 2. The number of aromatic nitrogens is 15. The predicted molar refractivity (Wildman–Crippen MR) is 543 cm³/mol. The number of carbonyl (C=O) groups is 6. The van der Waals surface area contributed by atoms with E-state index in [2.05, 4.69) is 88.3 Å². The van der Waals surface area contributed by atoms with Crippen LogP contribution < -0.4 is 54.7 Å². The third-order valence-corrected chi connectivity index (χ3v) is 26.3. The lowest BCUT2D eigenvalue weighted by Crippen LogP contribution is -2.58. The number of aryl methyl sites for hydroxylation is 4. The maximum atomic E-state index is 14.9. The number of terminal acetylenes is 1. The number of hydrogen-bond acceptors (Lipinski definition) is 29. The monoisotopic (exact) mass is 2150 g/mol. The number of halogens is 8. The van der Waals surface area contributed by atoms with Crippen LogP contribution in [0, 0.1) is 71.9 Å². The number of fused-ring (bicyclic) bond motifs is 2. The number of hydrogen-bond donors (Lipinski definition) is 8. The van der Waals surface area contributed by atoms with Crippen molar-refractivity contribution in [2.45, 2.75) is 150 Å². The number of carbonyl (C=O) groups excluding carboxylic acids is 6. The van der Waals surface area contributed by atoms with Gasteiger partial charge in [0.2, 0.25) is 47.3 Å². The molecular weight excluding hydrogens is 2050 g/mol. The molecule has 2 aliphatic rings. The van der Waals surface area contributed by atoms with Crippen LogP contribution in [0.2, 0.25) is 10.0 Å². The van der Waals surface area contributed by atoms with Crippen molar-refractivity contribution in [1.29, 1.82) is 0 Å². The average molecular weight is 2150 g/mol. The molecule has 150 heavy (non-hydrogen) atoms. The summed E-state index contributed by atoms with van der Waals surface area (Å²) in [6, 6.07) is 20.0. The van der Waals surface area contributed by atoms with Gasteiger partial charge in [-0.1, -0.05) is 130 Å². The molecule has 6 atom stereocenters. The molecule has 2 fully saturated rings. The highest BCUT2D eigenvalue weighted by molar-refractivity contribution is 7.13. The van der Waals surface area contributed by atoms with Crippen LogP contribution in [0.1, 0.15) is 93.7 Å². The second-order valence-corrected chi connectivity index (χ2v) is 39.6. The van der Waals surface area contributed by atoms with Gasteiger partial charge < -0.3 is 70.9 Å². The number of aliphatic hydroxyl groups is 2. The van der Waals surface area contributed by atoms with Gasteiger partial charge in [0.25, 0.3) is 0 Å². The van der Waals surface area contributed by atoms with Crippen molar-refractivity contribution in [1.82, 2.24) is 104 Å². The zero-order chi connectivity index (χ0) is 108. The first kappa shape index (κ1) is 112. The van der Waals surface area contributed by atoms with Crippen LogP contribution in [-0.4, -0.2) is 237 Å². The van der Waals surface area contributed by atoms with Crippen molar-refractivity contribution in [3.63, 3.8) is 0 Å². The quantitative estimate of drug-likeness (QED) is 0.00338.